The fourth-order valence-corrected chi connectivity index (χ4v) is 2.39. The minimum atomic E-state index is 0.290. The molecule has 0 spiro atoms. The summed E-state index contributed by atoms with van der Waals surface area (Å²) in [5, 5.41) is 12.3. The third-order valence-electron chi connectivity index (χ3n) is 3.51. The fraction of sp³-hybridized carbons (Fsp3) is 0.769. The Balaban J connectivity index is 2.71. The highest BCUT2D eigenvalue weighted by Gasteiger charge is 2.33. The van der Waals surface area contributed by atoms with E-state index in [0.29, 0.717) is 17.8 Å². The van der Waals surface area contributed by atoms with Gasteiger partial charge in [0.2, 0.25) is 0 Å². The lowest BCUT2D eigenvalue weighted by Crippen LogP contribution is -2.32. The van der Waals surface area contributed by atoms with Crippen molar-refractivity contribution in [3.8, 4) is 12.3 Å². The van der Waals surface area contributed by atoms with Crippen LogP contribution in [0.4, 0.5) is 0 Å². The van der Waals surface area contributed by atoms with Crippen LogP contribution in [0.2, 0.25) is 0 Å². The first-order valence-electron chi connectivity index (χ1n) is 5.63. The maximum atomic E-state index is 8.90. The lowest BCUT2D eigenvalue weighted by Gasteiger charge is -2.37. The maximum absolute atomic E-state index is 8.90. The van der Waals surface area contributed by atoms with Crippen molar-refractivity contribution in [2.45, 2.75) is 46.5 Å². The van der Waals surface area contributed by atoms with Crippen LogP contribution in [0.15, 0.2) is 5.16 Å². The van der Waals surface area contributed by atoms with Crippen LogP contribution in [-0.4, -0.2) is 10.9 Å². The van der Waals surface area contributed by atoms with E-state index in [1.54, 1.807) is 0 Å². The Morgan fingerprint density at radius 1 is 1.53 bits per heavy atom. The smallest absolute Gasteiger partial charge is 0.0611 e. The summed E-state index contributed by atoms with van der Waals surface area (Å²) < 4.78 is 0. The van der Waals surface area contributed by atoms with Crippen LogP contribution in [0.1, 0.15) is 46.5 Å². The van der Waals surface area contributed by atoms with Crippen molar-refractivity contribution in [1.82, 2.24) is 0 Å². The summed E-state index contributed by atoms with van der Waals surface area (Å²) in [6.07, 6.45) is 9.12. The lowest BCUT2D eigenvalue weighted by molar-refractivity contribution is 0.183. The lowest BCUT2D eigenvalue weighted by atomic mass is 9.68. The molecule has 0 bridgehead atoms. The van der Waals surface area contributed by atoms with E-state index < -0.39 is 0 Å². The second kappa shape index (κ2) is 4.70. The van der Waals surface area contributed by atoms with E-state index >= 15 is 0 Å². The fourth-order valence-electron chi connectivity index (χ4n) is 2.39. The molecule has 1 N–H and O–H groups in total. The highest BCUT2D eigenvalue weighted by molar-refractivity contribution is 5.87. The van der Waals surface area contributed by atoms with E-state index in [2.05, 4.69) is 31.8 Å². The molecule has 1 saturated carbocycles. The number of hydrogen-bond acceptors (Lipinski definition) is 2. The highest BCUT2D eigenvalue weighted by Crippen LogP contribution is 2.40. The Bertz CT molecular complexity index is 280. The highest BCUT2D eigenvalue weighted by atomic mass is 16.4. The monoisotopic (exact) mass is 207 g/mol. The van der Waals surface area contributed by atoms with Crippen LogP contribution >= 0.6 is 0 Å². The average Bonchev–Trinajstić information content (AvgIpc) is 2.17. The number of oxime groups is 1. The van der Waals surface area contributed by atoms with Crippen molar-refractivity contribution in [3.05, 3.63) is 0 Å². The van der Waals surface area contributed by atoms with E-state index in [1.165, 1.54) is 0 Å². The molecule has 2 unspecified atom stereocenters. The van der Waals surface area contributed by atoms with Gasteiger partial charge in [-0.2, -0.15) is 0 Å². The van der Waals surface area contributed by atoms with Gasteiger partial charge in [-0.15, -0.1) is 12.3 Å². The molecular formula is C13H21NO. The molecule has 0 aliphatic heterocycles. The van der Waals surface area contributed by atoms with Gasteiger partial charge < -0.3 is 5.21 Å². The third kappa shape index (κ3) is 2.99. The summed E-state index contributed by atoms with van der Waals surface area (Å²) in [5.41, 5.74) is 1.22. The Morgan fingerprint density at radius 3 is 2.67 bits per heavy atom. The Morgan fingerprint density at radius 2 is 2.20 bits per heavy atom. The zero-order valence-corrected chi connectivity index (χ0v) is 9.95. The van der Waals surface area contributed by atoms with Crippen molar-refractivity contribution < 1.29 is 5.21 Å². The van der Waals surface area contributed by atoms with Gasteiger partial charge >= 0.3 is 0 Å². The summed E-state index contributed by atoms with van der Waals surface area (Å²) in [6.45, 7) is 6.81. The van der Waals surface area contributed by atoms with Crippen LogP contribution in [0.3, 0.4) is 0 Å². The molecule has 1 aliphatic carbocycles. The van der Waals surface area contributed by atoms with Crippen molar-refractivity contribution in [2.24, 2.45) is 22.4 Å². The molecule has 15 heavy (non-hydrogen) atoms. The standard InChI is InChI=1S/C13H21NO/c1-5-6-10-9-11(13(2,3)4)7-8-12(10)14-15/h1,10-11,15H,6-9H2,2-4H3/b14-12+. The second-order valence-corrected chi connectivity index (χ2v) is 5.53. The van der Waals surface area contributed by atoms with E-state index in [-0.39, 0.29) is 5.92 Å². The third-order valence-corrected chi connectivity index (χ3v) is 3.51. The quantitative estimate of drug-likeness (QED) is 0.399. The van der Waals surface area contributed by atoms with Crippen LogP contribution in [-0.2, 0) is 0 Å². The molecule has 2 heteroatoms. The van der Waals surface area contributed by atoms with E-state index in [0.717, 1.165) is 25.0 Å². The molecule has 1 aliphatic rings. The summed E-state index contributed by atoms with van der Waals surface area (Å²) >= 11 is 0. The minimum Gasteiger partial charge on any atom is -0.411 e. The van der Waals surface area contributed by atoms with Crippen molar-refractivity contribution in [1.29, 1.82) is 0 Å². The molecule has 1 rings (SSSR count). The summed E-state index contributed by atoms with van der Waals surface area (Å²) in [5.74, 6) is 3.65. The predicted molar refractivity (Wildman–Crippen MR) is 63.0 cm³/mol. The number of hydrogen-bond donors (Lipinski definition) is 1. The molecular weight excluding hydrogens is 186 g/mol. The normalized spacial score (nSPS) is 30.1. The Kier molecular flexibility index (Phi) is 3.79. The molecule has 0 aromatic heterocycles. The Labute approximate surface area is 92.8 Å². The molecule has 0 saturated heterocycles. The molecule has 0 heterocycles. The minimum absolute atomic E-state index is 0.290. The first-order valence-corrected chi connectivity index (χ1v) is 5.63. The van der Waals surface area contributed by atoms with Gasteiger partial charge in [-0.3, -0.25) is 0 Å². The molecule has 1 fully saturated rings. The van der Waals surface area contributed by atoms with E-state index in [4.69, 9.17) is 11.6 Å². The van der Waals surface area contributed by atoms with Crippen LogP contribution in [0.5, 0.6) is 0 Å². The van der Waals surface area contributed by atoms with Gasteiger partial charge in [0.1, 0.15) is 0 Å². The van der Waals surface area contributed by atoms with Crippen molar-refractivity contribution in [2.75, 3.05) is 0 Å². The van der Waals surface area contributed by atoms with Gasteiger partial charge in [0.25, 0.3) is 0 Å². The summed E-state index contributed by atoms with van der Waals surface area (Å²) in [6, 6.07) is 0. The first kappa shape index (κ1) is 12.1. The van der Waals surface area contributed by atoms with Gasteiger partial charge in [0.15, 0.2) is 0 Å². The zero-order chi connectivity index (χ0) is 11.5. The molecule has 2 atom stereocenters. The first-order chi connectivity index (χ1) is 6.99. The predicted octanol–water partition coefficient (Wildman–Crippen LogP) is 3.30. The summed E-state index contributed by atoms with van der Waals surface area (Å²) in [4.78, 5) is 0. The Hall–Kier alpha value is -0.970. The topological polar surface area (TPSA) is 32.6 Å². The number of nitrogens with zero attached hydrogens (tertiary/aromatic N) is 1. The molecule has 0 aromatic rings. The number of rotatable bonds is 1. The molecule has 0 radical (unpaired) electrons. The second-order valence-electron chi connectivity index (χ2n) is 5.53. The average molecular weight is 207 g/mol. The van der Waals surface area contributed by atoms with E-state index in [1.807, 2.05) is 0 Å². The SMILES string of the molecule is C#CCC1CC(C(C)(C)C)CC/C1=N\O. The van der Waals surface area contributed by atoms with Crippen LogP contribution < -0.4 is 0 Å². The zero-order valence-electron chi connectivity index (χ0n) is 9.95. The van der Waals surface area contributed by atoms with Gasteiger partial charge in [-0.05, 0) is 30.6 Å². The molecule has 2 nitrogen and oxygen atoms in total. The van der Waals surface area contributed by atoms with Gasteiger partial charge in [-0.25, -0.2) is 0 Å². The van der Waals surface area contributed by atoms with Crippen LogP contribution in [0, 0.1) is 29.6 Å². The van der Waals surface area contributed by atoms with Crippen LogP contribution in [0.25, 0.3) is 0 Å². The molecule has 0 amide bonds. The summed E-state index contributed by atoms with van der Waals surface area (Å²) in [7, 11) is 0. The van der Waals surface area contributed by atoms with Crippen molar-refractivity contribution in [3.63, 3.8) is 0 Å². The van der Waals surface area contributed by atoms with Crippen molar-refractivity contribution >= 4 is 5.71 Å². The molecule has 84 valence electrons. The molecule has 0 aromatic carbocycles. The van der Waals surface area contributed by atoms with Gasteiger partial charge in [-0.1, -0.05) is 25.9 Å². The number of terminal acetylenes is 1. The maximum Gasteiger partial charge on any atom is 0.0611 e. The largest absolute Gasteiger partial charge is 0.411 e. The van der Waals surface area contributed by atoms with Gasteiger partial charge in [0.05, 0.1) is 5.71 Å². The van der Waals surface area contributed by atoms with E-state index in [9.17, 15) is 0 Å². The van der Waals surface area contributed by atoms with Gasteiger partial charge in [0, 0.05) is 12.3 Å².